The number of nitrogens with zero attached hydrogens (tertiary/aromatic N) is 1. The fourth-order valence-corrected chi connectivity index (χ4v) is 2.93. The number of hydrogen-bond donors (Lipinski definition) is 0. The summed E-state index contributed by atoms with van der Waals surface area (Å²) in [4.78, 5) is 14.5. The minimum Gasteiger partial charge on any atom is -0.486 e. The third kappa shape index (κ3) is 3.60. The van der Waals surface area contributed by atoms with E-state index in [1.165, 1.54) is 0 Å². The van der Waals surface area contributed by atoms with Crippen LogP contribution in [-0.2, 0) is 6.54 Å². The maximum atomic E-state index is 12.7. The molecule has 0 bridgehead atoms. The fourth-order valence-electron chi connectivity index (χ4n) is 2.57. The van der Waals surface area contributed by atoms with Crippen molar-refractivity contribution in [3.05, 3.63) is 57.2 Å². The van der Waals surface area contributed by atoms with Gasteiger partial charge in [-0.15, -0.1) is 0 Å². The lowest BCUT2D eigenvalue weighted by molar-refractivity contribution is 0.0749. The monoisotopic (exact) mass is 423 g/mol. The first-order valence-electron chi connectivity index (χ1n) is 7.61. The second kappa shape index (κ2) is 7.21. The van der Waals surface area contributed by atoms with Crippen LogP contribution in [0.1, 0.15) is 22.8 Å². The van der Waals surface area contributed by atoms with Gasteiger partial charge in [0.1, 0.15) is 13.2 Å². The molecule has 5 heteroatoms. The Labute approximate surface area is 149 Å². The Bertz CT molecular complexity index is 700. The molecule has 120 valence electrons. The van der Waals surface area contributed by atoms with Crippen molar-refractivity contribution >= 4 is 28.5 Å². The Morgan fingerprint density at radius 1 is 1.13 bits per heavy atom. The molecule has 23 heavy (non-hydrogen) atoms. The second-order valence-electron chi connectivity index (χ2n) is 5.27. The molecule has 2 aromatic carbocycles. The molecule has 0 saturated heterocycles. The van der Waals surface area contributed by atoms with Gasteiger partial charge < -0.3 is 14.4 Å². The predicted octanol–water partition coefficient (Wildman–Crippen LogP) is 3.72. The van der Waals surface area contributed by atoms with Gasteiger partial charge in [-0.3, -0.25) is 4.79 Å². The number of carbonyl (C=O) groups excluding carboxylic acids is 1. The maximum absolute atomic E-state index is 12.7. The van der Waals surface area contributed by atoms with Crippen molar-refractivity contribution in [1.29, 1.82) is 0 Å². The molecule has 0 N–H and O–H groups in total. The van der Waals surface area contributed by atoms with E-state index in [0.29, 0.717) is 31.9 Å². The molecule has 0 radical (unpaired) electrons. The number of rotatable bonds is 4. The quantitative estimate of drug-likeness (QED) is 0.704. The average molecular weight is 423 g/mol. The zero-order valence-electron chi connectivity index (χ0n) is 12.9. The van der Waals surface area contributed by atoms with Crippen molar-refractivity contribution in [2.45, 2.75) is 13.5 Å². The van der Waals surface area contributed by atoms with Crippen LogP contribution in [0.5, 0.6) is 11.5 Å². The summed E-state index contributed by atoms with van der Waals surface area (Å²) < 4.78 is 12.5. The molecule has 0 unspecified atom stereocenters. The van der Waals surface area contributed by atoms with Gasteiger partial charge in [0.15, 0.2) is 11.5 Å². The molecule has 4 nitrogen and oxygen atoms in total. The molecule has 1 heterocycles. The lowest BCUT2D eigenvalue weighted by atomic mass is 10.1. The lowest BCUT2D eigenvalue weighted by Crippen LogP contribution is -2.30. The smallest absolute Gasteiger partial charge is 0.254 e. The fraction of sp³-hybridized carbons (Fsp3) is 0.278. The maximum Gasteiger partial charge on any atom is 0.254 e. The molecule has 1 amide bonds. The first-order chi connectivity index (χ1) is 11.2. The van der Waals surface area contributed by atoms with Gasteiger partial charge in [-0.25, -0.2) is 0 Å². The molecule has 2 aromatic rings. The highest BCUT2D eigenvalue weighted by Crippen LogP contribution is 2.34. The molecule has 0 saturated carbocycles. The van der Waals surface area contributed by atoms with E-state index in [0.717, 1.165) is 20.6 Å². The van der Waals surface area contributed by atoms with Crippen LogP contribution in [0.4, 0.5) is 0 Å². The van der Waals surface area contributed by atoms with E-state index < -0.39 is 0 Å². The Kier molecular flexibility index (Phi) is 5.05. The molecule has 0 aromatic heterocycles. The minimum absolute atomic E-state index is 0.0261. The van der Waals surface area contributed by atoms with Crippen molar-refractivity contribution in [2.24, 2.45) is 0 Å². The summed E-state index contributed by atoms with van der Waals surface area (Å²) in [6.07, 6.45) is 0. The molecule has 1 aliphatic rings. The highest BCUT2D eigenvalue weighted by molar-refractivity contribution is 14.1. The number of hydrogen-bond acceptors (Lipinski definition) is 3. The van der Waals surface area contributed by atoms with Crippen LogP contribution >= 0.6 is 22.6 Å². The number of benzene rings is 2. The van der Waals surface area contributed by atoms with Gasteiger partial charge in [0.2, 0.25) is 0 Å². The van der Waals surface area contributed by atoms with Crippen molar-refractivity contribution < 1.29 is 14.3 Å². The van der Waals surface area contributed by atoms with E-state index in [1.54, 1.807) is 0 Å². The number of ether oxygens (including phenoxy) is 2. The summed E-state index contributed by atoms with van der Waals surface area (Å²) in [7, 11) is 0. The first-order valence-corrected chi connectivity index (χ1v) is 8.69. The van der Waals surface area contributed by atoms with Gasteiger partial charge in [0, 0.05) is 27.8 Å². The summed E-state index contributed by atoms with van der Waals surface area (Å²) in [6, 6.07) is 13.4. The highest BCUT2D eigenvalue weighted by Gasteiger charge is 2.20. The molecule has 0 fully saturated rings. The van der Waals surface area contributed by atoms with E-state index in [-0.39, 0.29) is 5.91 Å². The molecule has 0 aliphatic carbocycles. The van der Waals surface area contributed by atoms with Crippen LogP contribution in [0.2, 0.25) is 0 Å². The largest absolute Gasteiger partial charge is 0.486 e. The van der Waals surface area contributed by atoms with Crippen LogP contribution < -0.4 is 9.47 Å². The Balaban J connectivity index is 1.82. The number of para-hydroxylation sites is 1. The molecular formula is C18H18INO3. The van der Waals surface area contributed by atoms with E-state index >= 15 is 0 Å². The van der Waals surface area contributed by atoms with Gasteiger partial charge >= 0.3 is 0 Å². The Hall–Kier alpha value is -1.76. The van der Waals surface area contributed by atoms with Crippen molar-refractivity contribution in [1.82, 2.24) is 4.90 Å². The number of halogens is 1. The normalized spacial score (nSPS) is 12.8. The lowest BCUT2D eigenvalue weighted by Gasteiger charge is -2.25. The summed E-state index contributed by atoms with van der Waals surface area (Å²) >= 11 is 2.23. The van der Waals surface area contributed by atoms with Gasteiger partial charge in [0.05, 0.1) is 0 Å². The summed E-state index contributed by atoms with van der Waals surface area (Å²) in [5.74, 6) is 1.54. The van der Waals surface area contributed by atoms with Gasteiger partial charge in [-0.1, -0.05) is 12.1 Å². The van der Waals surface area contributed by atoms with Crippen LogP contribution in [0, 0.1) is 3.57 Å². The average Bonchev–Trinajstić information content (AvgIpc) is 2.60. The third-order valence-corrected chi connectivity index (χ3v) is 4.49. The summed E-state index contributed by atoms with van der Waals surface area (Å²) in [5.41, 5.74) is 1.68. The van der Waals surface area contributed by atoms with E-state index in [1.807, 2.05) is 54.3 Å². The van der Waals surface area contributed by atoms with Gasteiger partial charge in [0.25, 0.3) is 5.91 Å². The molecule has 0 spiro atoms. The molecule has 0 atom stereocenters. The third-order valence-electron chi connectivity index (χ3n) is 3.77. The molecule has 1 aliphatic heterocycles. The van der Waals surface area contributed by atoms with Crippen molar-refractivity contribution in [2.75, 3.05) is 19.8 Å². The van der Waals surface area contributed by atoms with Gasteiger partial charge in [-0.05, 0) is 59.8 Å². The number of amides is 1. The van der Waals surface area contributed by atoms with Crippen LogP contribution in [0.3, 0.4) is 0 Å². The van der Waals surface area contributed by atoms with Crippen LogP contribution in [0.15, 0.2) is 42.5 Å². The first kappa shape index (κ1) is 16.1. The highest BCUT2D eigenvalue weighted by atomic mass is 127. The van der Waals surface area contributed by atoms with E-state index in [2.05, 4.69) is 22.6 Å². The Morgan fingerprint density at radius 3 is 2.61 bits per heavy atom. The summed E-state index contributed by atoms with van der Waals surface area (Å²) in [5, 5.41) is 0. The standard InChI is InChI=1S/C18H18INO3/c1-2-20(18(21)13-6-8-15(19)9-7-13)12-14-4-3-5-16-17(14)23-11-10-22-16/h3-9H,2,10-12H2,1H3. The topological polar surface area (TPSA) is 38.8 Å². The van der Waals surface area contributed by atoms with E-state index in [4.69, 9.17) is 9.47 Å². The van der Waals surface area contributed by atoms with Crippen LogP contribution in [-0.4, -0.2) is 30.6 Å². The number of fused-ring (bicyclic) bond motifs is 1. The van der Waals surface area contributed by atoms with Crippen molar-refractivity contribution in [3.63, 3.8) is 0 Å². The van der Waals surface area contributed by atoms with Crippen LogP contribution in [0.25, 0.3) is 0 Å². The second-order valence-corrected chi connectivity index (χ2v) is 6.51. The molecular weight excluding hydrogens is 405 g/mol. The predicted molar refractivity (Wildman–Crippen MR) is 97.0 cm³/mol. The minimum atomic E-state index is 0.0261. The number of carbonyl (C=O) groups is 1. The van der Waals surface area contributed by atoms with Gasteiger partial charge in [-0.2, -0.15) is 0 Å². The zero-order chi connectivity index (χ0) is 16.2. The Morgan fingerprint density at radius 2 is 1.87 bits per heavy atom. The zero-order valence-corrected chi connectivity index (χ0v) is 15.1. The SMILES string of the molecule is CCN(Cc1cccc2c1OCCO2)C(=O)c1ccc(I)cc1. The van der Waals surface area contributed by atoms with Crippen molar-refractivity contribution in [3.8, 4) is 11.5 Å². The molecule has 3 rings (SSSR count). The van der Waals surface area contributed by atoms with E-state index in [9.17, 15) is 4.79 Å². The summed E-state index contributed by atoms with van der Waals surface area (Å²) in [6.45, 7) is 4.23.